The number of fused-ring (bicyclic) bond motifs is 1. The highest BCUT2D eigenvalue weighted by Crippen LogP contribution is 2.30. The lowest BCUT2D eigenvalue weighted by Gasteiger charge is -2.28. The summed E-state index contributed by atoms with van der Waals surface area (Å²) < 4.78 is 28.3. The minimum atomic E-state index is -3.72. The highest BCUT2D eigenvalue weighted by molar-refractivity contribution is 7.89. The van der Waals surface area contributed by atoms with Crippen molar-refractivity contribution in [3.05, 3.63) is 77.9 Å². The molecule has 0 spiro atoms. The fraction of sp³-hybridized carbons (Fsp3) is 0.333. The van der Waals surface area contributed by atoms with Gasteiger partial charge in [0.15, 0.2) is 0 Å². The Bertz CT molecular complexity index is 1330. The molecule has 1 unspecified atom stereocenters. The third kappa shape index (κ3) is 4.94. The van der Waals surface area contributed by atoms with Crippen LogP contribution in [0, 0.1) is 12.8 Å². The van der Waals surface area contributed by atoms with Gasteiger partial charge in [0.05, 0.1) is 34.0 Å². The van der Waals surface area contributed by atoms with Gasteiger partial charge in [-0.3, -0.25) is 15.0 Å². The molecular formula is C24H28N6O2S. The molecule has 33 heavy (non-hydrogen) atoms. The number of aromatic nitrogens is 5. The monoisotopic (exact) mass is 464 g/mol. The average Bonchev–Trinajstić information content (AvgIpc) is 3.19. The molecule has 0 radical (unpaired) electrons. The molecule has 9 heteroatoms. The van der Waals surface area contributed by atoms with E-state index in [0.717, 1.165) is 28.1 Å². The van der Waals surface area contributed by atoms with Gasteiger partial charge in [0.1, 0.15) is 11.3 Å². The molecule has 172 valence electrons. The van der Waals surface area contributed by atoms with E-state index >= 15 is 0 Å². The third-order valence-corrected chi connectivity index (χ3v) is 7.51. The second-order valence-electron chi connectivity index (χ2n) is 8.59. The number of aromatic amines is 1. The van der Waals surface area contributed by atoms with Crippen molar-refractivity contribution in [3.63, 3.8) is 0 Å². The number of nitrogens with one attached hydrogen (secondary N) is 1. The molecular weight excluding hydrogens is 436 g/mol. The standard InChI is InChI=1S/C24H28N6O2S/c1-16(2)13-23(22-15-25-11-12-27-22)30(4)33(31,32)19-7-5-18(6-8-19)14-21-24-20(9-10-26-21)28-17(3)29-24/h5-12,15-16,23H,13-14H2,1-4H3,(H,28,29). The summed E-state index contributed by atoms with van der Waals surface area (Å²) in [7, 11) is -2.11. The van der Waals surface area contributed by atoms with E-state index in [1.807, 2.05) is 25.1 Å². The topological polar surface area (TPSA) is 105 Å². The summed E-state index contributed by atoms with van der Waals surface area (Å²) in [5.74, 6) is 1.13. The first-order chi connectivity index (χ1) is 15.8. The van der Waals surface area contributed by atoms with Crippen molar-refractivity contribution >= 4 is 21.1 Å². The molecule has 3 heterocycles. The lowest BCUT2D eigenvalue weighted by Crippen LogP contribution is -2.32. The molecule has 0 fully saturated rings. The Morgan fingerprint density at radius 2 is 1.79 bits per heavy atom. The number of benzene rings is 1. The number of hydrogen-bond acceptors (Lipinski definition) is 6. The van der Waals surface area contributed by atoms with Crippen LogP contribution in [0.25, 0.3) is 11.0 Å². The molecule has 0 saturated carbocycles. The van der Waals surface area contributed by atoms with Crippen molar-refractivity contribution in [2.45, 2.75) is 44.6 Å². The Balaban J connectivity index is 1.59. The minimum absolute atomic E-state index is 0.244. The van der Waals surface area contributed by atoms with E-state index < -0.39 is 16.1 Å². The number of hydrogen-bond donors (Lipinski definition) is 1. The smallest absolute Gasteiger partial charge is 0.243 e. The van der Waals surface area contributed by atoms with Crippen LogP contribution in [0.15, 0.2) is 60.0 Å². The van der Waals surface area contributed by atoms with Gasteiger partial charge in [0, 0.05) is 32.1 Å². The zero-order valence-corrected chi connectivity index (χ0v) is 20.0. The second-order valence-corrected chi connectivity index (χ2v) is 10.6. The van der Waals surface area contributed by atoms with Gasteiger partial charge in [-0.15, -0.1) is 0 Å². The summed E-state index contributed by atoms with van der Waals surface area (Å²) in [5.41, 5.74) is 4.24. The van der Waals surface area contributed by atoms with Gasteiger partial charge >= 0.3 is 0 Å². The highest BCUT2D eigenvalue weighted by atomic mass is 32.2. The summed E-state index contributed by atoms with van der Waals surface area (Å²) in [6.07, 6.45) is 7.77. The van der Waals surface area contributed by atoms with Gasteiger partial charge in [0.25, 0.3) is 0 Å². The van der Waals surface area contributed by atoms with Crippen molar-refractivity contribution in [1.82, 2.24) is 29.2 Å². The van der Waals surface area contributed by atoms with Gasteiger partial charge in [-0.25, -0.2) is 13.4 Å². The van der Waals surface area contributed by atoms with Gasteiger partial charge in [0.2, 0.25) is 10.0 Å². The van der Waals surface area contributed by atoms with Crippen LogP contribution in [0.5, 0.6) is 0 Å². The number of nitrogens with zero attached hydrogens (tertiary/aromatic N) is 5. The van der Waals surface area contributed by atoms with E-state index in [0.29, 0.717) is 18.5 Å². The van der Waals surface area contributed by atoms with E-state index in [4.69, 9.17) is 0 Å². The summed E-state index contributed by atoms with van der Waals surface area (Å²) in [6.45, 7) is 6.04. The number of sulfonamides is 1. The lowest BCUT2D eigenvalue weighted by atomic mass is 10.0. The van der Waals surface area contributed by atoms with Crippen LogP contribution < -0.4 is 0 Å². The normalized spacial score (nSPS) is 13.2. The molecule has 0 aliphatic heterocycles. The van der Waals surface area contributed by atoms with Gasteiger partial charge in [-0.2, -0.15) is 4.31 Å². The molecule has 4 rings (SSSR count). The van der Waals surface area contributed by atoms with Crippen LogP contribution in [-0.4, -0.2) is 44.7 Å². The average molecular weight is 465 g/mol. The molecule has 1 atom stereocenters. The third-order valence-electron chi connectivity index (χ3n) is 5.63. The summed E-state index contributed by atoms with van der Waals surface area (Å²) in [6, 6.07) is 8.48. The predicted molar refractivity (Wildman–Crippen MR) is 127 cm³/mol. The lowest BCUT2D eigenvalue weighted by molar-refractivity contribution is 0.317. The van der Waals surface area contributed by atoms with Crippen molar-refractivity contribution < 1.29 is 8.42 Å². The zero-order valence-electron chi connectivity index (χ0n) is 19.2. The molecule has 4 aromatic rings. The summed E-state index contributed by atoms with van der Waals surface area (Å²) >= 11 is 0. The number of imidazole rings is 1. The maximum atomic E-state index is 13.4. The van der Waals surface area contributed by atoms with E-state index in [9.17, 15) is 8.42 Å². The van der Waals surface area contributed by atoms with Gasteiger partial charge in [-0.05, 0) is 43.0 Å². The van der Waals surface area contributed by atoms with Crippen molar-refractivity contribution in [3.8, 4) is 0 Å². The first-order valence-electron chi connectivity index (χ1n) is 10.9. The molecule has 8 nitrogen and oxygen atoms in total. The second kappa shape index (κ2) is 9.36. The predicted octanol–water partition coefficient (Wildman–Crippen LogP) is 4.06. The number of H-pyrrole nitrogens is 1. The molecule has 3 aromatic heterocycles. The molecule has 0 amide bonds. The van der Waals surface area contributed by atoms with Crippen LogP contribution in [0.4, 0.5) is 0 Å². The Labute approximate surface area is 194 Å². The Kier molecular flexibility index (Phi) is 6.53. The fourth-order valence-corrected chi connectivity index (χ4v) is 5.28. The highest BCUT2D eigenvalue weighted by Gasteiger charge is 2.30. The molecule has 0 bridgehead atoms. The van der Waals surface area contributed by atoms with Gasteiger partial charge < -0.3 is 4.98 Å². The zero-order chi connectivity index (χ0) is 23.6. The number of pyridine rings is 1. The largest absolute Gasteiger partial charge is 0.342 e. The van der Waals surface area contributed by atoms with E-state index in [1.165, 1.54) is 4.31 Å². The summed E-state index contributed by atoms with van der Waals surface area (Å²) in [5, 5.41) is 0. The fourth-order valence-electron chi connectivity index (χ4n) is 3.93. The number of rotatable bonds is 8. The summed E-state index contributed by atoms with van der Waals surface area (Å²) in [4.78, 5) is 21.0. The van der Waals surface area contributed by atoms with Gasteiger partial charge in [-0.1, -0.05) is 26.0 Å². The van der Waals surface area contributed by atoms with E-state index in [1.54, 1.807) is 44.0 Å². The van der Waals surface area contributed by atoms with Crippen LogP contribution in [0.1, 0.15) is 49.1 Å². The first-order valence-corrected chi connectivity index (χ1v) is 12.3. The molecule has 0 saturated heterocycles. The number of aryl methyl sites for hydroxylation is 1. The van der Waals surface area contributed by atoms with Crippen LogP contribution >= 0.6 is 0 Å². The Morgan fingerprint density at radius 3 is 2.45 bits per heavy atom. The minimum Gasteiger partial charge on any atom is -0.342 e. The maximum absolute atomic E-state index is 13.4. The van der Waals surface area contributed by atoms with Crippen LogP contribution in [0.2, 0.25) is 0 Å². The van der Waals surface area contributed by atoms with Crippen LogP contribution in [-0.2, 0) is 16.4 Å². The van der Waals surface area contributed by atoms with Crippen molar-refractivity contribution in [2.24, 2.45) is 5.92 Å². The molecule has 1 aromatic carbocycles. The molecule has 1 N–H and O–H groups in total. The van der Waals surface area contributed by atoms with E-state index in [-0.39, 0.29) is 10.8 Å². The maximum Gasteiger partial charge on any atom is 0.243 e. The quantitative estimate of drug-likeness (QED) is 0.422. The first kappa shape index (κ1) is 23.0. The van der Waals surface area contributed by atoms with Crippen LogP contribution in [0.3, 0.4) is 0 Å². The van der Waals surface area contributed by atoms with E-state index in [2.05, 4.69) is 38.8 Å². The molecule has 0 aliphatic carbocycles. The van der Waals surface area contributed by atoms with Crippen molar-refractivity contribution in [2.75, 3.05) is 7.05 Å². The van der Waals surface area contributed by atoms with Crippen molar-refractivity contribution in [1.29, 1.82) is 0 Å². The Hall–Kier alpha value is -3.17. The SMILES string of the molecule is Cc1nc2c(Cc3ccc(S(=O)(=O)N(C)C(CC(C)C)c4cnccn4)cc3)nccc2[nH]1. The molecule has 0 aliphatic rings. The Morgan fingerprint density at radius 1 is 1.03 bits per heavy atom.